The molecular weight excluding hydrogens is 393 g/mol. The highest BCUT2D eigenvalue weighted by atomic mass is 32.2. The number of nitrogens with zero attached hydrogens (tertiary/aromatic N) is 1. The van der Waals surface area contributed by atoms with E-state index in [1.165, 1.54) is 24.4 Å². The van der Waals surface area contributed by atoms with Gasteiger partial charge in [0.15, 0.2) is 5.82 Å². The van der Waals surface area contributed by atoms with Gasteiger partial charge in [0.2, 0.25) is 9.84 Å². The summed E-state index contributed by atoms with van der Waals surface area (Å²) >= 11 is 0. The van der Waals surface area contributed by atoms with Crippen LogP contribution in [0.5, 0.6) is 0 Å². The van der Waals surface area contributed by atoms with Gasteiger partial charge in [-0.25, -0.2) is 17.8 Å². The number of carbonyl (C=O) groups is 1. The number of H-pyrrole nitrogens is 1. The fraction of sp³-hybridized carbons (Fsp3) is 0.238. The Labute approximate surface area is 168 Å². The standard InChI is InChI=1S/C21H20FN3O3S/c22-16-5-2-6-17(12-16)29(27,28)18-7-8-19-14(11-18)3-1-4-15(19)13-25-21(26)20-23-9-10-24-20/h2,5-12,15H,1,3-4,13H2,(H,23,24)(H,25,26)/t15-/m0/s1. The number of amides is 1. The summed E-state index contributed by atoms with van der Waals surface area (Å²) in [5.74, 6) is -0.495. The maximum absolute atomic E-state index is 13.5. The number of rotatable bonds is 5. The van der Waals surface area contributed by atoms with Crippen molar-refractivity contribution in [2.45, 2.75) is 35.0 Å². The van der Waals surface area contributed by atoms with Crippen LogP contribution in [-0.4, -0.2) is 30.8 Å². The lowest BCUT2D eigenvalue weighted by Gasteiger charge is -2.26. The van der Waals surface area contributed by atoms with Crippen molar-refractivity contribution in [2.24, 2.45) is 0 Å². The molecular formula is C21H20FN3O3S. The first-order chi connectivity index (χ1) is 13.9. The first-order valence-electron chi connectivity index (χ1n) is 9.36. The van der Waals surface area contributed by atoms with E-state index in [0.29, 0.717) is 6.54 Å². The molecule has 1 heterocycles. The topological polar surface area (TPSA) is 91.9 Å². The molecule has 0 bridgehead atoms. The summed E-state index contributed by atoms with van der Waals surface area (Å²) in [6, 6.07) is 10.1. The van der Waals surface area contributed by atoms with E-state index in [0.717, 1.165) is 36.5 Å². The van der Waals surface area contributed by atoms with Crippen molar-refractivity contribution in [2.75, 3.05) is 6.54 Å². The summed E-state index contributed by atoms with van der Waals surface area (Å²) in [4.78, 5) is 18.9. The van der Waals surface area contributed by atoms with Crippen LogP contribution in [0.3, 0.4) is 0 Å². The zero-order chi connectivity index (χ0) is 20.4. The highest BCUT2D eigenvalue weighted by Crippen LogP contribution is 2.34. The number of aromatic nitrogens is 2. The quantitative estimate of drug-likeness (QED) is 0.672. The molecule has 1 amide bonds. The number of carbonyl (C=O) groups excluding carboxylic acids is 1. The van der Waals surface area contributed by atoms with Crippen molar-refractivity contribution in [3.8, 4) is 0 Å². The van der Waals surface area contributed by atoms with Gasteiger partial charge in [-0.1, -0.05) is 12.1 Å². The maximum Gasteiger partial charge on any atom is 0.287 e. The number of nitrogens with one attached hydrogen (secondary N) is 2. The largest absolute Gasteiger partial charge is 0.349 e. The number of sulfone groups is 1. The molecule has 150 valence electrons. The van der Waals surface area contributed by atoms with Crippen molar-refractivity contribution in [1.29, 1.82) is 0 Å². The molecule has 0 unspecified atom stereocenters. The van der Waals surface area contributed by atoms with E-state index < -0.39 is 15.7 Å². The van der Waals surface area contributed by atoms with E-state index in [9.17, 15) is 17.6 Å². The molecule has 1 aromatic heterocycles. The number of hydrogen-bond acceptors (Lipinski definition) is 4. The predicted molar refractivity (Wildman–Crippen MR) is 105 cm³/mol. The van der Waals surface area contributed by atoms with Crippen molar-refractivity contribution in [1.82, 2.24) is 15.3 Å². The molecule has 4 rings (SSSR count). The lowest BCUT2D eigenvalue weighted by atomic mass is 9.83. The minimum Gasteiger partial charge on any atom is -0.349 e. The Morgan fingerprint density at radius 3 is 2.79 bits per heavy atom. The zero-order valence-electron chi connectivity index (χ0n) is 15.6. The molecule has 1 atom stereocenters. The molecule has 3 aromatic rings. The summed E-state index contributed by atoms with van der Waals surface area (Å²) < 4.78 is 39.2. The highest BCUT2D eigenvalue weighted by molar-refractivity contribution is 7.91. The van der Waals surface area contributed by atoms with E-state index in [4.69, 9.17) is 0 Å². The van der Waals surface area contributed by atoms with Gasteiger partial charge < -0.3 is 10.3 Å². The van der Waals surface area contributed by atoms with Gasteiger partial charge in [0.1, 0.15) is 5.82 Å². The number of halogens is 1. The van der Waals surface area contributed by atoms with E-state index in [1.807, 2.05) is 6.07 Å². The summed E-state index contributed by atoms with van der Waals surface area (Å²) in [6.07, 6.45) is 5.68. The van der Waals surface area contributed by atoms with E-state index >= 15 is 0 Å². The zero-order valence-corrected chi connectivity index (χ0v) is 16.4. The normalized spacial score (nSPS) is 16.2. The van der Waals surface area contributed by atoms with Crippen molar-refractivity contribution in [3.05, 3.63) is 77.6 Å². The number of hydrogen-bond donors (Lipinski definition) is 2. The minimum atomic E-state index is -3.79. The van der Waals surface area contributed by atoms with Gasteiger partial charge in [0.05, 0.1) is 9.79 Å². The number of aromatic amines is 1. The van der Waals surface area contributed by atoms with Crippen LogP contribution in [-0.2, 0) is 16.3 Å². The van der Waals surface area contributed by atoms with E-state index in [1.54, 1.807) is 18.3 Å². The van der Waals surface area contributed by atoms with Gasteiger partial charge in [0, 0.05) is 24.9 Å². The molecule has 8 heteroatoms. The van der Waals surface area contributed by atoms with Crippen LogP contribution in [0.15, 0.2) is 64.6 Å². The van der Waals surface area contributed by atoms with Gasteiger partial charge in [-0.3, -0.25) is 4.79 Å². The Morgan fingerprint density at radius 1 is 1.21 bits per heavy atom. The van der Waals surface area contributed by atoms with Crippen LogP contribution in [0.1, 0.15) is 40.5 Å². The molecule has 0 radical (unpaired) electrons. The molecule has 0 saturated carbocycles. The molecule has 0 fully saturated rings. The van der Waals surface area contributed by atoms with Crippen LogP contribution < -0.4 is 5.32 Å². The van der Waals surface area contributed by atoms with Crippen LogP contribution in [0, 0.1) is 5.82 Å². The lowest BCUT2D eigenvalue weighted by Crippen LogP contribution is -2.30. The van der Waals surface area contributed by atoms with Gasteiger partial charge in [-0.05, 0) is 60.7 Å². The minimum absolute atomic E-state index is 0.0597. The SMILES string of the molecule is O=C(NC[C@@H]1CCCc2cc(S(=O)(=O)c3cccc(F)c3)ccc21)c1ncc[nH]1. The maximum atomic E-state index is 13.5. The smallest absolute Gasteiger partial charge is 0.287 e. The number of imidazole rings is 1. The highest BCUT2D eigenvalue weighted by Gasteiger charge is 2.25. The average Bonchev–Trinajstić information content (AvgIpc) is 3.26. The van der Waals surface area contributed by atoms with Gasteiger partial charge in [-0.2, -0.15) is 0 Å². The van der Waals surface area contributed by atoms with Gasteiger partial charge >= 0.3 is 0 Å². The Morgan fingerprint density at radius 2 is 2.03 bits per heavy atom. The lowest BCUT2D eigenvalue weighted by molar-refractivity contribution is 0.0941. The van der Waals surface area contributed by atoms with Crippen molar-refractivity contribution >= 4 is 15.7 Å². The molecule has 0 saturated heterocycles. The fourth-order valence-corrected chi connectivity index (χ4v) is 5.07. The molecule has 0 aliphatic heterocycles. The second-order valence-electron chi connectivity index (χ2n) is 7.06. The first-order valence-corrected chi connectivity index (χ1v) is 10.8. The summed E-state index contributed by atoms with van der Waals surface area (Å²) in [5, 5.41) is 2.88. The molecule has 0 spiro atoms. The number of aryl methyl sites for hydroxylation is 1. The summed E-state index contributed by atoms with van der Waals surface area (Å²) in [6.45, 7) is 0.447. The third-order valence-corrected chi connectivity index (χ3v) is 6.94. The molecule has 2 N–H and O–H groups in total. The number of benzene rings is 2. The molecule has 2 aromatic carbocycles. The first kappa shape index (κ1) is 19.3. The van der Waals surface area contributed by atoms with Crippen LogP contribution in [0.2, 0.25) is 0 Å². The van der Waals surface area contributed by atoms with Crippen molar-refractivity contribution in [3.63, 3.8) is 0 Å². The molecule has 29 heavy (non-hydrogen) atoms. The molecule has 1 aliphatic rings. The van der Waals surface area contributed by atoms with Crippen LogP contribution in [0.4, 0.5) is 4.39 Å². The Kier molecular flexibility index (Phi) is 5.19. The van der Waals surface area contributed by atoms with E-state index in [-0.39, 0.29) is 27.4 Å². The van der Waals surface area contributed by atoms with Gasteiger partial charge in [0.25, 0.3) is 5.91 Å². The third kappa shape index (κ3) is 3.93. The fourth-order valence-electron chi connectivity index (χ4n) is 3.73. The Bertz CT molecular complexity index is 1140. The second kappa shape index (κ2) is 7.79. The molecule has 6 nitrogen and oxygen atoms in total. The van der Waals surface area contributed by atoms with Gasteiger partial charge in [-0.15, -0.1) is 0 Å². The molecule has 1 aliphatic carbocycles. The second-order valence-corrected chi connectivity index (χ2v) is 9.01. The predicted octanol–water partition coefficient (Wildman–Crippen LogP) is 3.23. The summed E-state index contributed by atoms with van der Waals surface area (Å²) in [5.41, 5.74) is 1.99. The Balaban J connectivity index is 1.56. The van der Waals surface area contributed by atoms with E-state index in [2.05, 4.69) is 15.3 Å². The Hall–Kier alpha value is -3.00. The summed E-state index contributed by atoms with van der Waals surface area (Å²) in [7, 11) is -3.79. The monoisotopic (exact) mass is 413 g/mol. The van der Waals surface area contributed by atoms with Crippen LogP contribution in [0.25, 0.3) is 0 Å². The van der Waals surface area contributed by atoms with Crippen LogP contribution >= 0.6 is 0 Å². The average molecular weight is 413 g/mol. The third-order valence-electron chi connectivity index (χ3n) is 5.19. The number of fused-ring (bicyclic) bond motifs is 1. The van der Waals surface area contributed by atoms with Crippen molar-refractivity contribution < 1.29 is 17.6 Å².